The van der Waals surface area contributed by atoms with E-state index in [0.29, 0.717) is 36.6 Å². The number of methoxy groups -OCH3 is 1. The van der Waals surface area contributed by atoms with Crippen molar-refractivity contribution in [1.82, 2.24) is 24.8 Å². The first-order chi connectivity index (χ1) is 15.5. The molecule has 0 atom stereocenters. The van der Waals surface area contributed by atoms with Gasteiger partial charge in [-0.3, -0.25) is 0 Å². The van der Waals surface area contributed by atoms with E-state index in [1.165, 1.54) is 0 Å². The molecular weight excluding hydrogens is 411 g/mol. The van der Waals surface area contributed by atoms with E-state index in [-0.39, 0.29) is 5.82 Å². The molecule has 32 heavy (non-hydrogen) atoms. The number of nitrogen functional groups attached to an aromatic ring is 1. The Morgan fingerprint density at radius 1 is 1.22 bits per heavy atom. The van der Waals surface area contributed by atoms with Crippen molar-refractivity contribution in [3.63, 3.8) is 0 Å². The van der Waals surface area contributed by atoms with Gasteiger partial charge in [-0.25, -0.2) is 4.98 Å². The summed E-state index contributed by atoms with van der Waals surface area (Å²) in [5, 5.41) is 3.41. The van der Waals surface area contributed by atoms with Gasteiger partial charge in [-0.2, -0.15) is 14.4 Å². The normalized spacial score (nSPS) is 11.5. The highest BCUT2D eigenvalue weighted by Crippen LogP contribution is 2.30. The molecule has 0 bridgehead atoms. The SMILES string of the molecule is COc1ccc(-c2ccoc2)c(Cc2nc3c(N)nc(F)nc3n2CCNCC(C)C)c1. The molecule has 0 aliphatic rings. The number of rotatable bonds is 9. The van der Waals surface area contributed by atoms with Gasteiger partial charge in [-0.1, -0.05) is 19.9 Å². The first-order valence-corrected chi connectivity index (χ1v) is 10.5. The first kappa shape index (κ1) is 21.8. The first-order valence-electron chi connectivity index (χ1n) is 10.5. The lowest BCUT2D eigenvalue weighted by Gasteiger charge is -2.13. The maximum Gasteiger partial charge on any atom is 0.312 e. The molecule has 4 rings (SSSR count). The van der Waals surface area contributed by atoms with Gasteiger partial charge in [0.25, 0.3) is 0 Å². The summed E-state index contributed by atoms with van der Waals surface area (Å²) < 4.78 is 26.6. The third kappa shape index (κ3) is 4.57. The molecule has 3 heterocycles. The van der Waals surface area contributed by atoms with E-state index in [1.54, 1.807) is 19.6 Å². The van der Waals surface area contributed by atoms with Crippen LogP contribution in [-0.4, -0.2) is 39.7 Å². The Bertz CT molecular complexity index is 1200. The maximum absolute atomic E-state index is 14.0. The fourth-order valence-electron chi connectivity index (χ4n) is 3.70. The molecule has 9 heteroatoms. The number of furan rings is 1. The molecular formula is C23H27FN6O2. The Morgan fingerprint density at radius 2 is 2.06 bits per heavy atom. The Labute approximate surface area is 185 Å². The topological polar surface area (TPSA) is 104 Å². The summed E-state index contributed by atoms with van der Waals surface area (Å²) in [6.45, 7) is 6.44. The molecule has 0 amide bonds. The number of imidazole rings is 1. The Hall–Kier alpha value is -3.46. The zero-order valence-corrected chi connectivity index (χ0v) is 18.4. The predicted molar refractivity (Wildman–Crippen MR) is 121 cm³/mol. The van der Waals surface area contributed by atoms with E-state index in [2.05, 4.69) is 29.1 Å². The number of hydrogen-bond donors (Lipinski definition) is 2. The standard InChI is InChI=1S/C23H27FN6O2/c1-14(2)12-26-7-8-30-19(27-20-21(25)28-23(24)29-22(20)30)11-16-10-17(31-3)4-5-18(16)15-6-9-32-13-15/h4-6,9-10,13-14,26H,7-8,11-12H2,1-3H3,(H2,25,28,29). The molecule has 168 valence electrons. The third-order valence-corrected chi connectivity index (χ3v) is 5.23. The second kappa shape index (κ2) is 9.35. The molecule has 3 N–H and O–H groups in total. The molecule has 0 saturated heterocycles. The highest BCUT2D eigenvalue weighted by molar-refractivity contribution is 5.82. The molecule has 0 aliphatic carbocycles. The fraction of sp³-hybridized carbons (Fsp3) is 0.348. The molecule has 0 radical (unpaired) electrons. The van der Waals surface area contributed by atoms with Crippen LogP contribution in [0.2, 0.25) is 0 Å². The summed E-state index contributed by atoms with van der Waals surface area (Å²) in [4.78, 5) is 12.3. The minimum atomic E-state index is -0.863. The Kier molecular flexibility index (Phi) is 6.36. The largest absolute Gasteiger partial charge is 0.497 e. The van der Waals surface area contributed by atoms with Gasteiger partial charge in [0.15, 0.2) is 17.0 Å². The van der Waals surface area contributed by atoms with E-state index < -0.39 is 6.08 Å². The molecule has 0 fully saturated rings. The van der Waals surface area contributed by atoms with Crippen LogP contribution in [0.5, 0.6) is 5.75 Å². The van der Waals surface area contributed by atoms with Gasteiger partial charge in [0.2, 0.25) is 0 Å². The van der Waals surface area contributed by atoms with Crippen molar-refractivity contribution >= 4 is 17.0 Å². The lowest BCUT2D eigenvalue weighted by atomic mass is 9.99. The lowest BCUT2D eigenvalue weighted by molar-refractivity contribution is 0.414. The van der Waals surface area contributed by atoms with Crippen molar-refractivity contribution in [1.29, 1.82) is 0 Å². The van der Waals surface area contributed by atoms with Crippen molar-refractivity contribution < 1.29 is 13.5 Å². The Morgan fingerprint density at radius 3 is 2.78 bits per heavy atom. The van der Waals surface area contributed by atoms with Crippen LogP contribution in [0.3, 0.4) is 0 Å². The molecule has 8 nitrogen and oxygen atoms in total. The monoisotopic (exact) mass is 438 g/mol. The second-order valence-electron chi connectivity index (χ2n) is 8.04. The highest BCUT2D eigenvalue weighted by Gasteiger charge is 2.19. The molecule has 0 saturated carbocycles. The van der Waals surface area contributed by atoms with E-state index in [1.807, 2.05) is 28.8 Å². The maximum atomic E-state index is 14.0. The molecule has 1 aromatic carbocycles. The Balaban J connectivity index is 1.75. The number of nitrogens with zero attached hydrogens (tertiary/aromatic N) is 4. The summed E-state index contributed by atoms with van der Waals surface area (Å²) >= 11 is 0. The van der Waals surface area contributed by atoms with Gasteiger partial charge >= 0.3 is 6.08 Å². The zero-order valence-electron chi connectivity index (χ0n) is 18.4. The summed E-state index contributed by atoms with van der Waals surface area (Å²) in [5.41, 5.74) is 9.70. The molecule has 0 unspecified atom stereocenters. The highest BCUT2D eigenvalue weighted by atomic mass is 19.1. The van der Waals surface area contributed by atoms with Crippen molar-refractivity contribution in [3.05, 3.63) is 54.3 Å². The zero-order chi connectivity index (χ0) is 22.7. The number of nitrogens with one attached hydrogen (secondary N) is 1. The van der Waals surface area contributed by atoms with E-state index in [9.17, 15) is 4.39 Å². The van der Waals surface area contributed by atoms with Crippen LogP contribution in [0, 0.1) is 12.0 Å². The van der Waals surface area contributed by atoms with Crippen LogP contribution in [0.25, 0.3) is 22.3 Å². The molecule has 3 aromatic heterocycles. The average molecular weight is 439 g/mol. The van der Waals surface area contributed by atoms with Gasteiger partial charge in [0, 0.05) is 25.1 Å². The van der Waals surface area contributed by atoms with E-state index in [0.717, 1.165) is 34.8 Å². The van der Waals surface area contributed by atoms with Gasteiger partial charge in [-0.05, 0) is 41.8 Å². The van der Waals surface area contributed by atoms with Crippen LogP contribution in [0.1, 0.15) is 25.2 Å². The number of halogens is 1. The lowest BCUT2D eigenvalue weighted by Crippen LogP contribution is -2.25. The minimum absolute atomic E-state index is 0.0309. The number of benzene rings is 1. The quantitative estimate of drug-likeness (QED) is 0.304. The van der Waals surface area contributed by atoms with Crippen molar-refractivity contribution in [3.8, 4) is 16.9 Å². The summed E-state index contributed by atoms with van der Waals surface area (Å²) in [6.07, 6.45) is 2.94. The number of hydrogen-bond acceptors (Lipinski definition) is 7. The van der Waals surface area contributed by atoms with Crippen molar-refractivity contribution in [2.45, 2.75) is 26.8 Å². The van der Waals surface area contributed by atoms with Crippen LogP contribution in [0.15, 0.2) is 41.2 Å². The van der Waals surface area contributed by atoms with Gasteiger partial charge in [0.1, 0.15) is 11.6 Å². The number of ether oxygens (including phenoxy) is 1. The summed E-state index contributed by atoms with van der Waals surface area (Å²) in [7, 11) is 1.63. The summed E-state index contributed by atoms with van der Waals surface area (Å²) in [6, 6.07) is 7.77. The second-order valence-corrected chi connectivity index (χ2v) is 8.04. The van der Waals surface area contributed by atoms with E-state index >= 15 is 0 Å². The average Bonchev–Trinajstić information content (AvgIpc) is 3.40. The fourth-order valence-corrected chi connectivity index (χ4v) is 3.70. The number of fused-ring (bicyclic) bond motifs is 1. The van der Waals surface area contributed by atoms with Crippen molar-refractivity contribution in [2.24, 2.45) is 5.92 Å². The van der Waals surface area contributed by atoms with Crippen LogP contribution in [-0.2, 0) is 13.0 Å². The van der Waals surface area contributed by atoms with Gasteiger partial charge in [0.05, 0.1) is 19.6 Å². The smallest absolute Gasteiger partial charge is 0.312 e. The van der Waals surface area contributed by atoms with Gasteiger partial charge in [-0.15, -0.1) is 0 Å². The van der Waals surface area contributed by atoms with Crippen LogP contribution in [0.4, 0.5) is 10.2 Å². The van der Waals surface area contributed by atoms with E-state index in [4.69, 9.17) is 19.9 Å². The number of nitrogens with two attached hydrogens (primary N) is 1. The van der Waals surface area contributed by atoms with Gasteiger partial charge < -0.3 is 24.8 Å². The van der Waals surface area contributed by atoms with Crippen LogP contribution < -0.4 is 15.8 Å². The molecule has 4 aromatic rings. The predicted octanol–water partition coefficient (Wildman–Crippen LogP) is 3.65. The molecule has 0 spiro atoms. The molecule has 0 aliphatic heterocycles. The summed E-state index contributed by atoms with van der Waals surface area (Å²) in [5.74, 6) is 2.01. The third-order valence-electron chi connectivity index (χ3n) is 5.23. The minimum Gasteiger partial charge on any atom is -0.497 e. The number of anilines is 1. The van der Waals surface area contributed by atoms with Crippen LogP contribution >= 0.6 is 0 Å². The van der Waals surface area contributed by atoms with Crippen molar-refractivity contribution in [2.75, 3.05) is 25.9 Å². The number of aromatic nitrogens is 4.